The number of hydrogen-bond acceptors (Lipinski definition) is 4. The Labute approximate surface area is 150 Å². The Morgan fingerprint density at radius 2 is 2.00 bits per heavy atom. The predicted molar refractivity (Wildman–Crippen MR) is 97.7 cm³/mol. The molecule has 2 amide bonds. The van der Waals surface area contributed by atoms with Crippen molar-refractivity contribution in [2.45, 2.75) is 26.7 Å². The maximum absolute atomic E-state index is 12.6. The van der Waals surface area contributed by atoms with E-state index in [-0.39, 0.29) is 18.4 Å². The molecule has 1 N–H and O–H groups in total. The molecule has 5 nitrogen and oxygen atoms in total. The van der Waals surface area contributed by atoms with E-state index in [0.717, 1.165) is 17.7 Å². The van der Waals surface area contributed by atoms with Crippen molar-refractivity contribution in [2.75, 3.05) is 18.4 Å². The first-order valence-electron chi connectivity index (χ1n) is 7.76. The lowest BCUT2D eigenvalue weighted by molar-refractivity contribution is -0.116. The zero-order chi connectivity index (χ0) is 17.5. The molecule has 0 unspecified atom stereocenters. The summed E-state index contributed by atoms with van der Waals surface area (Å²) in [7, 11) is 0. The van der Waals surface area contributed by atoms with Crippen LogP contribution in [0.5, 0.6) is 0 Å². The average Bonchev–Trinajstić information content (AvgIpc) is 2.96. The van der Waals surface area contributed by atoms with Crippen LogP contribution in [0.1, 0.15) is 35.0 Å². The summed E-state index contributed by atoms with van der Waals surface area (Å²) in [6.07, 6.45) is 3.48. The van der Waals surface area contributed by atoms with E-state index in [2.05, 4.69) is 10.3 Å². The van der Waals surface area contributed by atoms with Gasteiger partial charge in [-0.15, -0.1) is 11.3 Å². The number of thiazole rings is 1. The number of anilines is 1. The Balaban J connectivity index is 2.05. The first-order valence-corrected chi connectivity index (χ1v) is 8.96. The van der Waals surface area contributed by atoms with Gasteiger partial charge in [-0.25, -0.2) is 4.98 Å². The van der Waals surface area contributed by atoms with Gasteiger partial charge < -0.3 is 10.2 Å². The van der Waals surface area contributed by atoms with Crippen LogP contribution in [0, 0.1) is 6.92 Å². The minimum Gasteiger partial charge on any atom is -0.329 e. The van der Waals surface area contributed by atoms with Gasteiger partial charge in [0.1, 0.15) is 6.54 Å². The number of halogens is 1. The highest BCUT2D eigenvalue weighted by Crippen LogP contribution is 2.17. The predicted octanol–water partition coefficient (Wildman–Crippen LogP) is 3.99. The van der Waals surface area contributed by atoms with E-state index in [1.54, 1.807) is 35.4 Å². The first kappa shape index (κ1) is 18.4. The summed E-state index contributed by atoms with van der Waals surface area (Å²) < 4.78 is 0. The van der Waals surface area contributed by atoms with Crippen LogP contribution in [-0.4, -0.2) is 34.8 Å². The van der Waals surface area contributed by atoms with E-state index in [0.29, 0.717) is 22.3 Å². The van der Waals surface area contributed by atoms with Gasteiger partial charge in [-0.2, -0.15) is 0 Å². The second-order valence-corrected chi connectivity index (χ2v) is 7.08. The normalized spacial score (nSPS) is 10.5. The molecule has 24 heavy (non-hydrogen) atoms. The summed E-state index contributed by atoms with van der Waals surface area (Å²) in [5.74, 6) is -0.423. The van der Waals surface area contributed by atoms with Crippen LogP contribution in [0.15, 0.2) is 30.5 Å². The number of nitrogens with zero attached hydrogens (tertiary/aromatic N) is 2. The second-order valence-electron chi connectivity index (χ2n) is 5.41. The van der Waals surface area contributed by atoms with Crippen LogP contribution in [0.3, 0.4) is 0 Å². The monoisotopic (exact) mass is 365 g/mol. The topological polar surface area (TPSA) is 62.3 Å². The number of aromatic nitrogens is 1. The highest BCUT2D eigenvalue weighted by molar-refractivity contribution is 7.15. The summed E-state index contributed by atoms with van der Waals surface area (Å²) >= 11 is 7.27. The zero-order valence-corrected chi connectivity index (χ0v) is 15.3. The number of carbonyl (C=O) groups excluding carboxylic acids is 2. The van der Waals surface area contributed by atoms with Crippen molar-refractivity contribution in [1.29, 1.82) is 0 Å². The molecule has 0 bridgehead atoms. The fourth-order valence-electron chi connectivity index (χ4n) is 2.12. The fraction of sp³-hybridized carbons (Fsp3) is 0.353. The van der Waals surface area contributed by atoms with Crippen LogP contribution in [0.25, 0.3) is 0 Å². The third kappa shape index (κ3) is 5.32. The summed E-state index contributed by atoms with van der Waals surface area (Å²) in [5, 5.41) is 3.86. The lowest BCUT2D eigenvalue weighted by Crippen LogP contribution is -2.38. The number of hydrogen-bond donors (Lipinski definition) is 1. The van der Waals surface area contributed by atoms with Gasteiger partial charge in [0.15, 0.2) is 5.13 Å². The molecule has 0 atom stereocenters. The first-order chi connectivity index (χ1) is 11.5. The third-order valence-electron chi connectivity index (χ3n) is 3.36. The number of benzene rings is 1. The summed E-state index contributed by atoms with van der Waals surface area (Å²) in [4.78, 5) is 31.6. The number of rotatable bonds is 7. The van der Waals surface area contributed by atoms with E-state index >= 15 is 0 Å². The van der Waals surface area contributed by atoms with Crippen LogP contribution in [-0.2, 0) is 4.79 Å². The standard InChI is InChI=1S/C17H20ClN3O2S/c1-3-4-9-21(16(23)13-5-7-14(18)8-6-13)11-15(22)20-17-19-10-12(2)24-17/h5-8,10H,3-4,9,11H2,1-2H3,(H,19,20,22). The molecule has 2 aromatic rings. The van der Waals surface area contributed by atoms with Crippen LogP contribution >= 0.6 is 22.9 Å². The van der Waals surface area contributed by atoms with Crippen molar-refractivity contribution < 1.29 is 9.59 Å². The molecular weight excluding hydrogens is 346 g/mol. The SMILES string of the molecule is CCCCN(CC(=O)Nc1ncc(C)s1)C(=O)c1ccc(Cl)cc1. The number of amides is 2. The molecule has 1 aromatic carbocycles. The Morgan fingerprint density at radius 3 is 2.58 bits per heavy atom. The van der Waals surface area contributed by atoms with Gasteiger partial charge in [-0.3, -0.25) is 9.59 Å². The van der Waals surface area contributed by atoms with Crippen molar-refractivity contribution >= 4 is 39.9 Å². The van der Waals surface area contributed by atoms with Gasteiger partial charge in [-0.1, -0.05) is 24.9 Å². The van der Waals surface area contributed by atoms with Crippen molar-refractivity contribution in [2.24, 2.45) is 0 Å². The Bertz CT molecular complexity index is 700. The van der Waals surface area contributed by atoms with Gasteiger partial charge in [0.2, 0.25) is 5.91 Å². The molecule has 128 valence electrons. The highest BCUT2D eigenvalue weighted by atomic mass is 35.5. The lowest BCUT2D eigenvalue weighted by Gasteiger charge is -2.22. The summed E-state index contributed by atoms with van der Waals surface area (Å²) in [5.41, 5.74) is 0.522. The smallest absolute Gasteiger partial charge is 0.254 e. The van der Waals surface area contributed by atoms with Gasteiger partial charge in [0.25, 0.3) is 5.91 Å². The van der Waals surface area contributed by atoms with E-state index in [1.165, 1.54) is 11.3 Å². The van der Waals surface area contributed by atoms with Crippen molar-refractivity contribution in [3.05, 3.63) is 45.9 Å². The van der Waals surface area contributed by atoms with Crippen molar-refractivity contribution in [3.8, 4) is 0 Å². The third-order valence-corrected chi connectivity index (χ3v) is 4.44. The number of carbonyl (C=O) groups is 2. The second kappa shape index (κ2) is 8.80. The van der Waals surface area contributed by atoms with Crippen LogP contribution in [0.4, 0.5) is 5.13 Å². The minimum atomic E-state index is -0.247. The molecule has 0 radical (unpaired) electrons. The molecule has 2 rings (SSSR count). The number of aryl methyl sites for hydroxylation is 1. The van der Waals surface area contributed by atoms with E-state index in [1.807, 2.05) is 13.8 Å². The minimum absolute atomic E-state index is 0.0000867. The van der Waals surface area contributed by atoms with E-state index in [9.17, 15) is 9.59 Å². The van der Waals surface area contributed by atoms with Gasteiger partial charge in [-0.05, 0) is 37.6 Å². The molecule has 7 heteroatoms. The Kier molecular flexibility index (Phi) is 6.75. The molecule has 0 spiro atoms. The molecule has 0 fully saturated rings. The zero-order valence-electron chi connectivity index (χ0n) is 13.7. The van der Waals surface area contributed by atoms with Gasteiger partial charge in [0, 0.05) is 28.2 Å². The molecule has 0 aliphatic rings. The van der Waals surface area contributed by atoms with Gasteiger partial charge in [0.05, 0.1) is 0 Å². The average molecular weight is 366 g/mol. The lowest BCUT2D eigenvalue weighted by atomic mass is 10.2. The Hall–Kier alpha value is -1.92. The summed E-state index contributed by atoms with van der Waals surface area (Å²) in [6.45, 7) is 4.50. The van der Waals surface area contributed by atoms with E-state index < -0.39 is 0 Å². The molecule has 0 saturated heterocycles. The van der Waals surface area contributed by atoms with Gasteiger partial charge >= 0.3 is 0 Å². The maximum atomic E-state index is 12.6. The number of unbranched alkanes of at least 4 members (excludes halogenated alkanes) is 1. The van der Waals surface area contributed by atoms with Crippen LogP contribution < -0.4 is 5.32 Å². The highest BCUT2D eigenvalue weighted by Gasteiger charge is 2.19. The molecule has 1 aromatic heterocycles. The molecular formula is C17H20ClN3O2S. The molecule has 1 heterocycles. The van der Waals surface area contributed by atoms with Crippen molar-refractivity contribution in [3.63, 3.8) is 0 Å². The Morgan fingerprint density at radius 1 is 1.29 bits per heavy atom. The maximum Gasteiger partial charge on any atom is 0.254 e. The quantitative estimate of drug-likeness (QED) is 0.807. The van der Waals surface area contributed by atoms with E-state index in [4.69, 9.17) is 11.6 Å². The molecule has 0 aliphatic carbocycles. The largest absolute Gasteiger partial charge is 0.329 e. The molecule has 0 aliphatic heterocycles. The number of nitrogens with one attached hydrogen (secondary N) is 1. The van der Waals surface area contributed by atoms with Crippen LogP contribution in [0.2, 0.25) is 5.02 Å². The summed E-state index contributed by atoms with van der Waals surface area (Å²) in [6, 6.07) is 6.69. The van der Waals surface area contributed by atoms with Crippen molar-refractivity contribution in [1.82, 2.24) is 9.88 Å². The fourth-order valence-corrected chi connectivity index (χ4v) is 2.93. The molecule has 0 saturated carbocycles.